The van der Waals surface area contributed by atoms with Crippen LogP contribution >= 0.6 is 28.3 Å². The van der Waals surface area contributed by atoms with Crippen molar-refractivity contribution in [3.63, 3.8) is 0 Å². The van der Waals surface area contributed by atoms with E-state index in [0.29, 0.717) is 11.5 Å². The number of hydrogen-bond acceptors (Lipinski definition) is 12. The molecule has 3 rings (SSSR count). The van der Waals surface area contributed by atoms with E-state index < -0.39 is 51.7 Å². The third kappa shape index (κ3) is 4.55. The number of rotatable bonds is 6. The fraction of sp³-hybridized carbons (Fsp3) is 0.727. The summed E-state index contributed by atoms with van der Waals surface area (Å²) in [6, 6.07) is 0. The van der Waals surface area contributed by atoms with Gasteiger partial charge in [0.2, 0.25) is 0 Å². The van der Waals surface area contributed by atoms with Crippen LogP contribution in [0.15, 0.2) is 15.0 Å². The number of ether oxygens (including phenoxy) is 1. The number of aliphatic hydroxyl groups is 2. The molecular formula is C11H18N4O10P2S. The Morgan fingerprint density at radius 3 is 2.68 bits per heavy atom. The molecule has 0 aromatic heterocycles. The molecular weight excluding hydrogens is 442 g/mol. The van der Waals surface area contributed by atoms with Crippen LogP contribution in [0.25, 0.3) is 0 Å². The summed E-state index contributed by atoms with van der Waals surface area (Å²) in [4.78, 5) is 39.4. The number of aliphatic imine (C=N–C) groups is 3. The molecule has 3 heterocycles. The van der Waals surface area contributed by atoms with E-state index in [9.17, 15) is 24.2 Å². The Morgan fingerprint density at radius 1 is 1.36 bits per heavy atom. The number of aliphatic hydroxyl groups excluding tert-OH is 2. The van der Waals surface area contributed by atoms with Gasteiger partial charge in [0.15, 0.2) is 12.1 Å². The van der Waals surface area contributed by atoms with Gasteiger partial charge in [-0.25, -0.2) is 19.1 Å². The highest BCUT2D eigenvalue weighted by Crippen LogP contribution is 2.57. The number of phosphoric ester groups is 1. The van der Waals surface area contributed by atoms with Crippen molar-refractivity contribution in [2.24, 2.45) is 15.0 Å². The Morgan fingerprint density at radius 2 is 2.04 bits per heavy atom. The molecule has 0 saturated carbocycles. The van der Waals surface area contributed by atoms with Crippen molar-refractivity contribution in [1.29, 1.82) is 0 Å². The summed E-state index contributed by atoms with van der Waals surface area (Å²) in [5.74, 6) is 0.336. The monoisotopic (exact) mass is 460 g/mol. The highest BCUT2D eigenvalue weighted by atomic mass is 32.1. The van der Waals surface area contributed by atoms with Crippen LogP contribution in [0.5, 0.6) is 0 Å². The maximum absolute atomic E-state index is 11.5. The third-order valence-corrected chi connectivity index (χ3v) is 6.54. The number of amidine groups is 1. The Balaban J connectivity index is 1.67. The van der Waals surface area contributed by atoms with Crippen molar-refractivity contribution in [2.75, 3.05) is 13.3 Å². The largest absolute Gasteiger partial charge is 0.481 e. The van der Waals surface area contributed by atoms with E-state index in [4.69, 9.17) is 14.5 Å². The number of fused-ring (bicyclic) bond motifs is 1. The molecule has 2 unspecified atom stereocenters. The van der Waals surface area contributed by atoms with E-state index in [2.05, 4.69) is 36.4 Å². The number of hydrogen-bond donors (Lipinski definition) is 6. The molecule has 0 aliphatic carbocycles. The highest BCUT2D eigenvalue weighted by molar-refractivity contribution is 7.83. The molecule has 0 radical (unpaired) electrons. The molecule has 0 amide bonds. The second-order valence-electron chi connectivity index (χ2n) is 6.22. The SMILES string of the molecule is CC1(S)N=CN=C2C1=NCN2[C@@H]1O[C@H](COP(=O)(O)OP(=O)(O)O)[C@@H](O)[C@H]1O. The van der Waals surface area contributed by atoms with Gasteiger partial charge in [-0.15, -0.1) is 12.6 Å². The Kier molecular flexibility index (Phi) is 5.91. The van der Waals surface area contributed by atoms with Crippen molar-refractivity contribution in [3.05, 3.63) is 0 Å². The van der Waals surface area contributed by atoms with Crippen LogP contribution in [0, 0.1) is 0 Å². The Bertz CT molecular complexity index is 828. The Hall–Kier alpha value is -0.700. The van der Waals surface area contributed by atoms with Gasteiger partial charge >= 0.3 is 15.6 Å². The minimum atomic E-state index is -5.28. The fourth-order valence-electron chi connectivity index (χ4n) is 2.83. The lowest BCUT2D eigenvalue weighted by Gasteiger charge is -2.30. The number of nitrogens with zero attached hydrogens (tertiary/aromatic N) is 4. The van der Waals surface area contributed by atoms with E-state index in [1.165, 1.54) is 11.2 Å². The lowest BCUT2D eigenvalue weighted by atomic mass is 10.1. The molecule has 0 aromatic carbocycles. The maximum atomic E-state index is 11.5. The van der Waals surface area contributed by atoms with E-state index in [1.54, 1.807) is 6.92 Å². The van der Waals surface area contributed by atoms with Gasteiger partial charge in [0.25, 0.3) is 0 Å². The zero-order chi connectivity index (χ0) is 20.9. The molecule has 14 nitrogen and oxygen atoms in total. The summed E-state index contributed by atoms with van der Waals surface area (Å²) in [6.07, 6.45) is -4.15. The van der Waals surface area contributed by atoms with Gasteiger partial charge in [-0.05, 0) is 6.92 Å². The van der Waals surface area contributed by atoms with Crippen LogP contribution in [0.4, 0.5) is 0 Å². The fourth-order valence-corrected chi connectivity index (χ4v) is 4.65. The first-order valence-electron chi connectivity index (χ1n) is 7.72. The van der Waals surface area contributed by atoms with Crippen LogP contribution in [-0.2, 0) is 22.7 Å². The standard InChI is InChI=1S/C11H18N4O10P2S/c1-11(28)8-9(12-3-14-11)15(4-13-8)10-7(17)6(16)5(24-10)2-23-27(21,22)25-26(18,19)20/h3,5-7,10,16-17,28H,2,4H2,1H3,(H,21,22)(H2,18,19,20)/t5-,6-,7-,10-,11?/m1/s1. The van der Waals surface area contributed by atoms with Crippen LogP contribution in [0.2, 0.25) is 0 Å². The van der Waals surface area contributed by atoms with Gasteiger partial charge in [-0.3, -0.25) is 9.52 Å². The zero-order valence-corrected chi connectivity index (χ0v) is 16.9. The Labute approximate surface area is 163 Å². The molecule has 158 valence electrons. The molecule has 3 aliphatic rings. The lowest BCUT2D eigenvalue weighted by Crippen LogP contribution is -2.49. The normalized spacial score (nSPS) is 37.5. The molecule has 0 spiro atoms. The number of thiol groups is 1. The molecule has 0 aromatic rings. The van der Waals surface area contributed by atoms with Gasteiger partial charge in [0.1, 0.15) is 41.9 Å². The predicted octanol–water partition coefficient (Wildman–Crippen LogP) is -1.54. The van der Waals surface area contributed by atoms with Crippen molar-refractivity contribution in [2.45, 2.75) is 36.3 Å². The summed E-state index contributed by atoms with van der Waals surface area (Å²) >= 11 is 4.39. The minimum absolute atomic E-state index is 0.0372. The smallest absolute Gasteiger partial charge is 0.387 e. The van der Waals surface area contributed by atoms with Gasteiger partial charge in [-0.2, -0.15) is 4.31 Å². The molecule has 1 fully saturated rings. The van der Waals surface area contributed by atoms with Crippen molar-refractivity contribution < 1.29 is 47.6 Å². The topological polar surface area (TPSA) is 203 Å². The molecule has 28 heavy (non-hydrogen) atoms. The van der Waals surface area contributed by atoms with Crippen molar-refractivity contribution in [3.8, 4) is 0 Å². The zero-order valence-electron chi connectivity index (χ0n) is 14.2. The van der Waals surface area contributed by atoms with E-state index in [0.717, 1.165) is 0 Å². The number of phosphoric acid groups is 2. The minimum Gasteiger partial charge on any atom is -0.387 e. The van der Waals surface area contributed by atoms with Gasteiger partial charge < -0.3 is 34.5 Å². The maximum Gasteiger partial charge on any atom is 0.481 e. The predicted molar refractivity (Wildman–Crippen MR) is 97.0 cm³/mol. The summed E-state index contributed by atoms with van der Waals surface area (Å²) in [5.41, 5.74) is 0.443. The lowest BCUT2D eigenvalue weighted by molar-refractivity contribution is -0.0680. The van der Waals surface area contributed by atoms with Gasteiger partial charge in [0, 0.05) is 0 Å². The molecule has 17 heteroatoms. The molecule has 0 bridgehead atoms. The van der Waals surface area contributed by atoms with Crippen molar-refractivity contribution >= 4 is 46.2 Å². The molecule has 6 atom stereocenters. The quantitative estimate of drug-likeness (QED) is 0.198. The van der Waals surface area contributed by atoms with Crippen LogP contribution in [-0.4, -0.2) is 90.4 Å². The van der Waals surface area contributed by atoms with Gasteiger partial charge in [0.05, 0.1) is 6.61 Å². The van der Waals surface area contributed by atoms with Crippen LogP contribution in [0.3, 0.4) is 0 Å². The second-order valence-corrected chi connectivity index (χ2v) is 9.92. The molecule has 3 aliphatic heterocycles. The summed E-state index contributed by atoms with van der Waals surface area (Å²) in [6.45, 7) is 0.943. The summed E-state index contributed by atoms with van der Waals surface area (Å²) in [7, 11) is -10.4. The van der Waals surface area contributed by atoms with E-state index >= 15 is 0 Å². The van der Waals surface area contributed by atoms with E-state index in [1.807, 2.05) is 0 Å². The first-order chi connectivity index (χ1) is 12.8. The first kappa shape index (κ1) is 22.0. The highest BCUT2D eigenvalue weighted by Gasteiger charge is 2.50. The summed E-state index contributed by atoms with van der Waals surface area (Å²) in [5, 5.41) is 20.5. The van der Waals surface area contributed by atoms with Gasteiger partial charge in [-0.1, -0.05) is 0 Å². The van der Waals surface area contributed by atoms with Crippen LogP contribution in [0.1, 0.15) is 6.92 Å². The summed E-state index contributed by atoms with van der Waals surface area (Å²) < 4.78 is 35.8. The molecule has 1 saturated heterocycles. The first-order valence-corrected chi connectivity index (χ1v) is 11.2. The van der Waals surface area contributed by atoms with Crippen molar-refractivity contribution in [1.82, 2.24) is 4.90 Å². The van der Waals surface area contributed by atoms with E-state index in [-0.39, 0.29) is 6.67 Å². The second kappa shape index (κ2) is 7.52. The third-order valence-electron chi connectivity index (χ3n) is 4.06. The molecule has 5 N–H and O–H groups in total. The average Bonchev–Trinajstić information content (AvgIpc) is 3.07. The van der Waals surface area contributed by atoms with Crippen LogP contribution < -0.4 is 0 Å². The average molecular weight is 460 g/mol.